The molecule has 0 spiro atoms. The maximum Gasteiger partial charge on any atom is 0.273 e. The first-order valence-corrected chi connectivity index (χ1v) is 11.6. The Bertz CT molecular complexity index is 1490. The summed E-state index contributed by atoms with van der Waals surface area (Å²) >= 11 is 0. The van der Waals surface area contributed by atoms with Gasteiger partial charge in [-0.15, -0.1) is 0 Å². The summed E-state index contributed by atoms with van der Waals surface area (Å²) in [5.74, 6) is -1.88. The number of benzene rings is 1. The molecule has 0 saturated carbocycles. The van der Waals surface area contributed by atoms with Gasteiger partial charge in [0.2, 0.25) is 5.56 Å². The van der Waals surface area contributed by atoms with Gasteiger partial charge in [0.05, 0.1) is 23.7 Å². The second-order valence-corrected chi connectivity index (χ2v) is 9.10. The Kier molecular flexibility index (Phi) is 5.69. The summed E-state index contributed by atoms with van der Waals surface area (Å²) in [4.78, 5) is 27.8. The first kappa shape index (κ1) is 23.8. The van der Waals surface area contributed by atoms with Crippen molar-refractivity contribution in [1.82, 2.24) is 14.5 Å². The van der Waals surface area contributed by atoms with Crippen molar-refractivity contribution in [2.75, 3.05) is 23.3 Å². The Morgan fingerprint density at radius 2 is 1.94 bits per heavy atom. The summed E-state index contributed by atoms with van der Waals surface area (Å²) in [6.45, 7) is 5.35. The number of anilines is 2. The molecule has 5 rings (SSSR count). The average molecular weight is 495 g/mol. The fraction of sp³-hybridized carbons (Fsp3) is 0.308. The van der Waals surface area contributed by atoms with Crippen LogP contribution in [0.15, 0.2) is 46.3 Å². The van der Waals surface area contributed by atoms with Gasteiger partial charge in [-0.25, -0.2) is 23.1 Å². The van der Waals surface area contributed by atoms with Gasteiger partial charge in [-0.2, -0.15) is 0 Å². The van der Waals surface area contributed by atoms with Gasteiger partial charge in [0.25, 0.3) is 5.92 Å². The minimum atomic E-state index is -3.30. The van der Waals surface area contributed by atoms with Gasteiger partial charge in [-0.1, -0.05) is 18.2 Å². The van der Waals surface area contributed by atoms with E-state index in [4.69, 9.17) is 0 Å². The molecule has 2 aliphatic rings. The molecule has 0 amide bonds. The van der Waals surface area contributed by atoms with E-state index in [-0.39, 0.29) is 11.1 Å². The normalized spacial score (nSPS) is 15.7. The molecule has 7 nitrogen and oxygen atoms in total. The fourth-order valence-corrected chi connectivity index (χ4v) is 4.58. The number of rotatable bonds is 5. The van der Waals surface area contributed by atoms with Crippen LogP contribution in [-0.2, 0) is 13.0 Å². The number of hydrogen-bond acceptors (Lipinski definition) is 6. The molecule has 3 aromatic rings. The van der Waals surface area contributed by atoms with E-state index in [1.807, 2.05) is 11.0 Å². The average Bonchev–Trinajstić information content (AvgIpc) is 3.30. The van der Waals surface area contributed by atoms with Crippen molar-refractivity contribution in [3.8, 4) is 0 Å². The molecular weight excluding hydrogens is 469 g/mol. The number of amidine groups is 1. The smallest absolute Gasteiger partial charge is 0.273 e. The van der Waals surface area contributed by atoms with Crippen LogP contribution in [0.3, 0.4) is 0 Å². The van der Waals surface area contributed by atoms with Gasteiger partial charge in [-0.3, -0.25) is 9.79 Å². The van der Waals surface area contributed by atoms with E-state index in [0.717, 1.165) is 23.0 Å². The van der Waals surface area contributed by atoms with Crippen molar-refractivity contribution in [3.05, 3.63) is 80.8 Å². The number of alkyl halides is 2. The van der Waals surface area contributed by atoms with E-state index in [9.17, 15) is 13.6 Å². The molecule has 2 aromatic heterocycles. The predicted octanol–water partition coefficient (Wildman–Crippen LogP) is 4.68. The molecule has 0 radical (unpaired) electrons. The van der Waals surface area contributed by atoms with Crippen molar-refractivity contribution >= 4 is 29.1 Å². The molecule has 10 heteroatoms. The molecule has 0 saturated heterocycles. The number of halogens is 3. The van der Waals surface area contributed by atoms with Crippen LogP contribution in [0.1, 0.15) is 48.0 Å². The van der Waals surface area contributed by atoms with Crippen LogP contribution in [-0.4, -0.2) is 33.5 Å². The van der Waals surface area contributed by atoms with Gasteiger partial charge < -0.3 is 14.8 Å². The molecule has 36 heavy (non-hydrogen) atoms. The van der Waals surface area contributed by atoms with Crippen molar-refractivity contribution in [2.24, 2.45) is 12.0 Å². The number of hydrogen-bond donors (Lipinski definition) is 1. The first-order valence-electron chi connectivity index (χ1n) is 11.6. The highest BCUT2D eigenvalue weighted by atomic mass is 19.3. The molecule has 0 bridgehead atoms. The van der Waals surface area contributed by atoms with Crippen molar-refractivity contribution in [3.63, 3.8) is 0 Å². The Hall–Kier alpha value is -3.95. The molecule has 1 N–H and O–H groups in total. The molecule has 186 valence electrons. The second-order valence-electron chi connectivity index (χ2n) is 9.10. The number of aliphatic imine (C=N–C) groups is 1. The van der Waals surface area contributed by atoms with Gasteiger partial charge in [0.15, 0.2) is 0 Å². The van der Waals surface area contributed by atoms with Crippen LogP contribution in [0.4, 0.5) is 24.8 Å². The number of aryl methyl sites for hydroxylation is 2. The largest absolute Gasteiger partial charge is 0.363 e. The Morgan fingerprint density at radius 3 is 2.67 bits per heavy atom. The Balaban J connectivity index is 1.61. The van der Waals surface area contributed by atoms with E-state index in [1.165, 1.54) is 22.8 Å². The summed E-state index contributed by atoms with van der Waals surface area (Å²) in [6.07, 6.45) is 3.64. The molecular formula is C26H25F3N6O. The third kappa shape index (κ3) is 4.06. The minimum Gasteiger partial charge on any atom is -0.363 e. The van der Waals surface area contributed by atoms with E-state index >= 15 is 4.39 Å². The van der Waals surface area contributed by atoms with E-state index < -0.39 is 23.3 Å². The SMILES string of the molecule is Cc1nc(NC(C)c2cccc(C(C)(F)F)c2F)c2c(n1)N1CCN=C1C(c1ccc(=O)n(C)c1)=C2. The number of aromatic nitrogens is 3. The highest BCUT2D eigenvalue weighted by Crippen LogP contribution is 2.39. The summed E-state index contributed by atoms with van der Waals surface area (Å²) < 4.78 is 44.4. The van der Waals surface area contributed by atoms with Crippen LogP contribution in [0.5, 0.6) is 0 Å². The lowest BCUT2D eigenvalue weighted by molar-refractivity contribution is 0.0136. The quantitative estimate of drug-likeness (QED) is 0.558. The predicted molar refractivity (Wildman–Crippen MR) is 134 cm³/mol. The molecule has 1 aromatic carbocycles. The third-order valence-electron chi connectivity index (χ3n) is 6.38. The summed E-state index contributed by atoms with van der Waals surface area (Å²) in [7, 11) is 1.68. The van der Waals surface area contributed by atoms with Crippen molar-refractivity contribution in [2.45, 2.75) is 32.7 Å². The molecule has 1 atom stereocenters. The molecule has 4 heterocycles. The summed E-state index contributed by atoms with van der Waals surface area (Å²) in [5, 5.41) is 3.22. The lowest BCUT2D eigenvalue weighted by atomic mass is 9.98. The maximum atomic E-state index is 15.1. The zero-order chi connectivity index (χ0) is 25.8. The van der Waals surface area contributed by atoms with Crippen LogP contribution in [0.25, 0.3) is 11.6 Å². The van der Waals surface area contributed by atoms with Gasteiger partial charge >= 0.3 is 0 Å². The number of fused-ring (bicyclic) bond motifs is 3. The fourth-order valence-electron chi connectivity index (χ4n) is 4.58. The highest BCUT2D eigenvalue weighted by molar-refractivity contribution is 6.36. The number of pyridine rings is 1. The van der Waals surface area contributed by atoms with Crippen molar-refractivity contribution < 1.29 is 13.2 Å². The summed E-state index contributed by atoms with van der Waals surface area (Å²) in [5.41, 5.74) is 1.62. The van der Waals surface area contributed by atoms with Crippen molar-refractivity contribution in [1.29, 1.82) is 0 Å². The van der Waals surface area contributed by atoms with E-state index in [2.05, 4.69) is 20.3 Å². The molecule has 0 aliphatic carbocycles. The third-order valence-corrected chi connectivity index (χ3v) is 6.38. The van der Waals surface area contributed by atoms with Crippen LogP contribution < -0.4 is 15.8 Å². The van der Waals surface area contributed by atoms with Gasteiger partial charge in [0, 0.05) is 49.5 Å². The minimum absolute atomic E-state index is 0.112. The van der Waals surface area contributed by atoms with Crippen LogP contribution >= 0.6 is 0 Å². The summed E-state index contributed by atoms with van der Waals surface area (Å²) in [6, 6.07) is 6.59. The highest BCUT2D eigenvalue weighted by Gasteiger charge is 2.33. The molecule has 2 aliphatic heterocycles. The molecule has 0 fully saturated rings. The van der Waals surface area contributed by atoms with Gasteiger partial charge in [0.1, 0.15) is 29.1 Å². The topological polar surface area (TPSA) is 75.4 Å². The molecule has 1 unspecified atom stereocenters. The number of nitrogens with one attached hydrogen (secondary N) is 1. The first-order chi connectivity index (χ1) is 17.0. The Morgan fingerprint density at radius 1 is 1.17 bits per heavy atom. The lowest BCUT2D eigenvalue weighted by Crippen LogP contribution is -2.33. The van der Waals surface area contributed by atoms with Crippen LogP contribution in [0, 0.1) is 12.7 Å². The monoisotopic (exact) mass is 494 g/mol. The lowest BCUT2D eigenvalue weighted by Gasteiger charge is -2.29. The van der Waals surface area contributed by atoms with Crippen LogP contribution in [0.2, 0.25) is 0 Å². The second kappa shape index (κ2) is 8.61. The van der Waals surface area contributed by atoms with E-state index in [1.54, 1.807) is 33.2 Å². The maximum absolute atomic E-state index is 15.1. The van der Waals surface area contributed by atoms with Gasteiger partial charge in [-0.05, 0) is 26.0 Å². The Labute approximate surface area is 206 Å². The standard InChI is InChI=1S/C26H25F3N6O/c1-14(17-6-5-7-20(22(17)27)26(3,28)29)31-23-19-12-18(16-8-9-21(36)34(4)13-16)24-30-10-11-35(24)25(19)33-15(2)32-23/h5-9,12-14H,10-11H2,1-4H3,(H,31,32,33). The van der Waals surface area contributed by atoms with E-state index in [0.29, 0.717) is 43.0 Å². The zero-order valence-corrected chi connectivity index (χ0v) is 20.3. The number of nitrogens with zero attached hydrogens (tertiary/aromatic N) is 5. The zero-order valence-electron chi connectivity index (χ0n) is 20.3.